The summed E-state index contributed by atoms with van der Waals surface area (Å²) < 4.78 is 20.9. The number of primary amides is 1. The predicted molar refractivity (Wildman–Crippen MR) is 97.0 cm³/mol. The molecule has 132 valence electrons. The van der Waals surface area contributed by atoms with Crippen LogP contribution in [0.15, 0.2) is 9.63 Å². The molecule has 0 saturated carbocycles. The van der Waals surface area contributed by atoms with E-state index in [1.165, 1.54) is 11.8 Å². The van der Waals surface area contributed by atoms with E-state index in [4.69, 9.17) is 10.5 Å². The van der Waals surface area contributed by atoms with Crippen LogP contribution in [0.4, 0.5) is 10.2 Å². The van der Waals surface area contributed by atoms with Gasteiger partial charge >= 0.3 is 0 Å². The number of carbonyl (C=O) groups excluding carboxylic acids is 1. The average Bonchev–Trinajstić information content (AvgIpc) is 3.00. The molecule has 2 N–H and O–H groups in total. The molecule has 0 bridgehead atoms. The van der Waals surface area contributed by atoms with Crippen LogP contribution in [0.2, 0.25) is 0 Å². The fraction of sp³-hybridized carbons (Fsp3) is 0.438. The molecule has 0 aliphatic carbocycles. The van der Waals surface area contributed by atoms with Gasteiger partial charge < -0.3 is 15.4 Å². The van der Waals surface area contributed by atoms with E-state index in [2.05, 4.69) is 25.9 Å². The molecular formula is C16H16BrFN4O2S. The molecule has 1 saturated heterocycles. The molecule has 0 unspecified atom stereocenters. The number of hydrogen-bond acceptors (Lipinski definition) is 6. The summed E-state index contributed by atoms with van der Waals surface area (Å²) in [6.07, 6.45) is 0.675. The lowest BCUT2D eigenvalue weighted by atomic mass is 9.99. The Morgan fingerprint density at radius 1 is 1.44 bits per heavy atom. The van der Waals surface area contributed by atoms with Gasteiger partial charge in [-0.05, 0) is 33.7 Å². The smallest absolute Gasteiger partial charge is 0.240 e. The van der Waals surface area contributed by atoms with E-state index in [0.29, 0.717) is 47.0 Å². The number of aromatic nitrogens is 2. The Morgan fingerprint density at radius 2 is 2.20 bits per heavy atom. The molecule has 4 rings (SSSR count). The van der Waals surface area contributed by atoms with Crippen molar-refractivity contribution in [3.05, 3.63) is 21.4 Å². The summed E-state index contributed by atoms with van der Waals surface area (Å²) in [5.41, 5.74) is 7.41. The molecule has 1 amide bonds. The third-order valence-electron chi connectivity index (χ3n) is 4.59. The van der Waals surface area contributed by atoms with Crippen LogP contribution in [0.1, 0.15) is 24.5 Å². The molecule has 9 heteroatoms. The van der Waals surface area contributed by atoms with Gasteiger partial charge in [0.2, 0.25) is 5.91 Å². The maximum atomic E-state index is 15.0. The van der Waals surface area contributed by atoms with Crippen LogP contribution in [0.25, 0.3) is 10.9 Å². The van der Waals surface area contributed by atoms with Crippen molar-refractivity contribution in [3.8, 4) is 0 Å². The van der Waals surface area contributed by atoms with Gasteiger partial charge in [0.05, 0.1) is 23.1 Å². The first-order valence-electron chi connectivity index (χ1n) is 7.99. The van der Waals surface area contributed by atoms with Crippen LogP contribution >= 0.6 is 27.7 Å². The molecule has 6 nitrogen and oxygen atoms in total. The van der Waals surface area contributed by atoms with Crippen LogP contribution in [-0.2, 0) is 22.7 Å². The van der Waals surface area contributed by atoms with Crippen molar-refractivity contribution >= 4 is 50.3 Å². The fourth-order valence-electron chi connectivity index (χ4n) is 3.29. The largest absolute Gasteiger partial charge is 0.372 e. The Morgan fingerprint density at radius 3 is 2.84 bits per heavy atom. The summed E-state index contributed by atoms with van der Waals surface area (Å²) in [5, 5.41) is 1.12. The minimum absolute atomic E-state index is 0.257. The predicted octanol–water partition coefficient (Wildman–Crippen LogP) is 2.74. The first-order chi connectivity index (χ1) is 12.0. The lowest BCUT2D eigenvalue weighted by Crippen LogP contribution is -2.55. The van der Waals surface area contributed by atoms with E-state index in [9.17, 15) is 9.18 Å². The highest BCUT2D eigenvalue weighted by molar-refractivity contribution is 9.10. The molecule has 25 heavy (non-hydrogen) atoms. The van der Waals surface area contributed by atoms with Crippen LogP contribution in [-0.4, -0.2) is 34.2 Å². The summed E-state index contributed by atoms with van der Waals surface area (Å²) in [5.74, 6) is 0.524. The van der Waals surface area contributed by atoms with Crippen molar-refractivity contribution in [1.29, 1.82) is 0 Å². The zero-order valence-corrected chi connectivity index (χ0v) is 15.9. The molecule has 2 aliphatic rings. The number of hydrogen-bond donors (Lipinski definition) is 1. The van der Waals surface area contributed by atoms with E-state index < -0.39 is 17.8 Å². The van der Waals surface area contributed by atoms with Gasteiger partial charge in [0.1, 0.15) is 17.4 Å². The summed E-state index contributed by atoms with van der Waals surface area (Å²) in [6, 6.07) is -0.415. The SMILES string of the molecule is CCSc1nc(N2CC[C@@H]2C(N)=O)c2c3c(c(Br)c(F)c2n1)COC3. The Labute approximate surface area is 156 Å². The van der Waals surface area contributed by atoms with E-state index >= 15 is 0 Å². The second kappa shape index (κ2) is 6.37. The van der Waals surface area contributed by atoms with Crippen molar-refractivity contribution in [2.45, 2.75) is 37.8 Å². The lowest BCUT2D eigenvalue weighted by molar-refractivity contribution is -0.120. The standard InChI is InChI=1S/C16H16BrFN4O2S/c1-2-25-16-20-13-10(7-5-24-6-8(7)11(17)12(13)18)15(21-16)22-4-3-9(22)14(19)23/h9H,2-6H2,1H3,(H2,19,23)/t9-/m1/s1. The number of nitrogens with two attached hydrogens (primary N) is 1. The van der Waals surface area contributed by atoms with E-state index in [1.54, 1.807) is 0 Å². The van der Waals surface area contributed by atoms with Gasteiger partial charge in [-0.3, -0.25) is 4.79 Å². The minimum Gasteiger partial charge on any atom is -0.372 e. The maximum Gasteiger partial charge on any atom is 0.240 e. The highest BCUT2D eigenvalue weighted by Crippen LogP contribution is 2.42. The second-order valence-electron chi connectivity index (χ2n) is 5.96. The number of benzene rings is 1. The zero-order valence-electron chi connectivity index (χ0n) is 13.5. The van der Waals surface area contributed by atoms with Crippen molar-refractivity contribution in [1.82, 2.24) is 9.97 Å². The fourth-order valence-corrected chi connectivity index (χ4v) is 4.40. The minimum atomic E-state index is -0.419. The second-order valence-corrected chi connectivity index (χ2v) is 7.99. The zero-order chi connectivity index (χ0) is 17.7. The molecule has 0 spiro atoms. The molecule has 2 aliphatic heterocycles. The van der Waals surface area contributed by atoms with Gasteiger partial charge in [0.15, 0.2) is 11.0 Å². The number of nitrogens with zero attached hydrogens (tertiary/aromatic N) is 3. The van der Waals surface area contributed by atoms with Crippen molar-refractivity contribution in [2.24, 2.45) is 5.73 Å². The van der Waals surface area contributed by atoms with Gasteiger partial charge in [-0.25, -0.2) is 14.4 Å². The highest BCUT2D eigenvalue weighted by atomic mass is 79.9. The third-order valence-corrected chi connectivity index (χ3v) is 6.14. The Kier molecular flexibility index (Phi) is 4.33. The van der Waals surface area contributed by atoms with Gasteiger partial charge in [0, 0.05) is 12.1 Å². The molecule has 3 heterocycles. The van der Waals surface area contributed by atoms with E-state index in [1.807, 2.05) is 11.8 Å². The Hall–Kier alpha value is -1.45. The summed E-state index contributed by atoms with van der Waals surface area (Å²) in [4.78, 5) is 22.6. The first kappa shape index (κ1) is 17.0. The highest BCUT2D eigenvalue weighted by Gasteiger charge is 2.37. The molecule has 1 aromatic heterocycles. The van der Waals surface area contributed by atoms with Crippen LogP contribution in [0.3, 0.4) is 0 Å². The molecule has 2 aromatic rings. The quantitative estimate of drug-likeness (QED) is 0.597. The summed E-state index contributed by atoms with van der Waals surface area (Å²) >= 11 is 4.77. The van der Waals surface area contributed by atoms with E-state index in [-0.39, 0.29) is 5.52 Å². The molecular weight excluding hydrogens is 411 g/mol. The van der Waals surface area contributed by atoms with Gasteiger partial charge in [0.25, 0.3) is 0 Å². The number of carbonyl (C=O) groups is 1. The molecule has 0 radical (unpaired) electrons. The monoisotopic (exact) mass is 426 g/mol. The van der Waals surface area contributed by atoms with Crippen LogP contribution in [0, 0.1) is 5.82 Å². The first-order valence-corrected chi connectivity index (χ1v) is 9.77. The lowest BCUT2D eigenvalue weighted by Gasteiger charge is -2.40. The maximum absolute atomic E-state index is 15.0. The van der Waals surface area contributed by atoms with Crippen LogP contribution in [0.5, 0.6) is 0 Å². The van der Waals surface area contributed by atoms with Crippen molar-refractivity contribution in [2.75, 3.05) is 17.2 Å². The molecule has 1 atom stereocenters. The van der Waals surface area contributed by atoms with Gasteiger partial charge in [-0.2, -0.15) is 0 Å². The Bertz CT molecular complexity index is 895. The normalized spacial score (nSPS) is 19.2. The van der Waals surface area contributed by atoms with Gasteiger partial charge in [-0.1, -0.05) is 18.7 Å². The third kappa shape index (κ3) is 2.60. The van der Waals surface area contributed by atoms with Crippen molar-refractivity contribution in [3.63, 3.8) is 0 Å². The number of amides is 1. The molecule has 1 fully saturated rings. The summed E-state index contributed by atoms with van der Waals surface area (Å²) in [6.45, 7) is 3.35. The number of thioether (sulfide) groups is 1. The summed E-state index contributed by atoms with van der Waals surface area (Å²) in [7, 11) is 0. The Balaban J connectivity index is 2.01. The van der Waals surface area contributed by atoms with Crippen molar-refractivity contribution < 1.29 is 13.9 Å². The average molecular weight is 427 g/mol. The number of halogens is 2. The number of rotatable bonds is 4. The molecule has 1 aromatic carbocycles. The number of ether oxygens (including phenoxy) is 1. The van der Waals surface area contributed by atoms with E-state index in [0.717, 1.165) is 16.9 Å². The van der Waals surface area contributed by atoms with Crippen LogP contribution < -0.4 is 10.6 Å². The topological polar surface area (TPSA) is 81.3 Å². The number of fused-ring (bicyclic) bond motifs is 3. The number of anilines is 1. The van der Waals surface area contributed by atoms with Gasteiger partial charge in [-0.15, -0.1) is 0 Å².